The van der Waals surface area contributed by atoms with E-state index in [1.54, 1.807) is 16.8 Å². The van der Waals surface area contributed by atoms with Crippen molar-refractivity contribution in [1.29, 1.82) is 0 Å². The summed E-state index contributed by atoms with van der Waals surface area (Å²) in [5.41, 5.74) is 2.11. The first kappa shape index (κ1) is 13.3. The van der Waals surface area contributed by atoms with Crippen LogP contribution in [0.3, 0.4) is 0 Å². The number of aryl methyl sites for hydroxylation is 1. The van der Waals surface area contributed by atoms with Gasteiger partial charge in [-0.2, -0.15) is 5.10 Å². The van der Waals surface area contributed by atoms with Gasteiger partial charge in [-0.05, 0) is 25.1 Å². The Morgan fingerprint density at radius 1 is 1.37 bits per heavy atom. The summed E-state index contributed by atoms with van der Waals surface area (Å²) in [7, 11) is 0. The normalized spacial score (nSPS) is 10.1. The molecule has 0 amide bonds. The summed E-state index contributed by atoms with van der Waals surface area (Å²) in [4.78, 5) is 0. The van der Waals surface area contributed by atoms with Gasteiger partial charge in [-0.3, -0.25) is 4.68 Å². The highest BCUT2D eigenvalue weighted by atomic mass is 19.1. The molecular formula is C15H15FN2O. The third-order valence-electron chi connectivity index (χ3n) is 2.63. The highest BCUT2D eigenvalue weighted by molar-refractivity contribution is 5.37. The van der Waals surface area contributed by atoms with Crippen molar-refractivity contribution in [2.24, 2.45) is 0 Å². The van der Waals surface area contributed by atoms with E-state index in [-0.39, 0.29) is 12.4 Å². The van der Waals surface area contributed by atoms with Gasteiger partial charge in [-0.25, -0.2) is 4.39 Å². The Kier molecular flexibility index (Phi) is 4.32. The fourth-order valence-corrected chi connectivity index (χ4v) is 1.70. The van der Waals surface area contributed by atoms with Crippen LogP contribution < -0.4 is 0 Å². The predicted octanol–water partition coefficient (Wildman–Crippen LogP) is 2.11. The van der Waals surface area contributed by atoms with Crippen molar-refractivity contribution in [3.05, 3.63) is 53.1 Å². The molecule has 19 heavy (non-hydrogen) atoms. The Hall–Kier alpha value is -2.12. The van der Waals surface area contributed by atoms with Crippen LogP contribution in [0.25, 0.3) is 0 Å². The average Bonchev–Trinajstić information content (AvgIpc) is 2.79. The minimum absolute atomic E-state index is 0.0201. The molecule has 1 aromatic heterocycles. The second-order valence-electron chi connectivity index (χ2n) is 4.24. The third-order valence-corrected chi connectivity index (χ3v) is 2.63. The van der Waals surface area contributed by atoms with Crippen molar-refractivity contribution < 1.29 is 9.50 Å². The van der Waals surface area contributed by atoms with E-state index in [1.165, 1.54) is 6.07 Å². The van der Waals surface area contributed by atoms with E-state index in [0.717, 1.165) is 5.69 Å². The topological polar surface area (TPSA) is 38.0 Å². The number of nitrogens with zero attached hydrogens (tertiary/aromatic N) is 2. The third kappa shape index (κ3) is 3.67. The molecule has 0 spiro atoms. The molecule has 0 radical (unpaired) electrons. The largest absolute Gasteiger partial charge is 0.395 e. The predicted molar refractivity (Wildman–Crippen MR) is 71.0 cm³/mol. The first-order chi connectivity index (χ1) is 9.19. The maximum atomic E-state index is 13.9. The first-order valence-corrected chi connectivity index (χ1v) is 6.07. The Morgan fingerprint density at radius 3 is 2.84 bits per heavy atom. The average molecular weight is 258 g/mol. The number of aliphatic hydroxyl groups is 1. The number of rotatable bonds is 3. The molecule has 0 aliphatic rings. The lowest BCUT2D eigenvalue weighted by Gasteiger charge is -2.04. The molecule has 0 atom stereocenters. The van der Waals surface area contributed by atoms with Gasteiger partial charge in [0, 0.05) is 23.7 Å². The van der Waals surface area contributed by atoms with Crippen LogP contribution in [0.2, 0.25) is 0 Å². The van der Waals surface area contributed by atoms with Crippen molar-refractivity contribution in [2.45, 2.75) is 19.9 Å². The smallest absolute Gasteiger partial charge is 0.129 e. The lowest BCUT2D eigenvalue weighted by Crippen LogP contribution is -2.03. The molecule has 1 aromatic carbocycles. The molecule has 0 aliphatic heterocycles. The molecule has 4 heteroatoms. The molecule has 0 saturated heterocycles. The van der Waals surface area contributed by atoms with Crippen molar-refractivity contribution in [3.63, 3.8) is 0 Å². The summed E-state index contributed by atoms with van der Waals surface area (Å²) >= 11 is 0. The Balaban J connectivity index is 2.13. The molecule has 98 valence electrons. The molecule has 1 N–H and O–H groups in total. The summed E-state index contributed by atoms with van der Waals surface area (Å²) in [6.07, 6.45) is 2.22. The summed E-state index contributed by atoms with van der Waals surface area (Å²) in [5, 5.41) is 12.8. The van der Waals surface area contributed by atoms with E-state index in [9.17, 15) is 4.39 Å². The van der Waals surface area contributed by atoms with Crippen LogP contribution in [-0.4, -0.2) is 21.5 Å². The number of benzene rings is 1. The van der Waals surface area contributed by atoms with E-state index >= 15 is 0 Å². The van der Waals surface area contributed by atoms with Crippen molar-refractivity contribution >= 4 is 0 Å². The summed E-state index contributed by atoms with van der Waals surface area (Å²) in [6, 6.07) is 6.79. The van der Waals surface area contributed by atoms with Gasteiger partial charge >= 0.3 is 0 Å². The molecule has 2 aromatic rings. The SMILES string of the molecule is Cc1ccn(Cc2ccc(C#CCCO)cc2F)n1. The van der Waals surface area contributed by atoms with Gasteiger partial charge < -0.3 is 5.11 Å². The lowest BCUT2D eigenvalue weighted by atomic mass is 10.1. The van der Waals surface area contributed by atoms with Crippen molar-refractivity contribution in [3.8, 4) is 11.8 Å². The maximum absolute atomic E-state index is 13.9. The Bertz CT molecular complexity index is 623. The molecule has 0 bridgehead atoms. The molecule has 0 unspecified atom stereocenters. The van der Waals surface area contributed by atoms with Crippen LogP contribution in [0.15, 0.2) is 30.5 Å². The summed E-state index contributed by atoms with van der Waals surface area (Å²) in [6.45, 7) is 2.32. The second kappa shape index (κ2) is 6.17. The lowest BCUT2D eigenvalue weighted by molar-refractivity contribution is 0.305. The molecule has 1 heterocycles. The number of aromatic nitrogens is 2. The number of hydrogen-bond donors (Lipinski definition) is 1. The van der Waals surface area contributed by atoms with Crippen molar-refractivity contribution in [2.75, 3.05) is 6.61 Å². The standard InChI is InChI=1S/C15H15FN2O/c1-12-7-8-18(17-12)11-14-6-5-13(10-15(14)16)4-2-3-9-19/h5-8,10,19H,3,9,11H2,1H3. The fourth-order valence-electron chi connectivity index (χ4n) is 1.70. The summed E-state index contributed by atoms with van der Waals surface area (Å²) < 4.78 is 15.6. The highest BCUT2D eigenvalue weighted by Gasteiger charge is 2.04. The van der Waals surface area contributed by atoms with Crippen LogP contribution in [0.4, 0.5) is 4.39 Å². The van der Waals surface area contributed by atoms with Crippen LogP contribution in [0.5, 0.6) is 0 Å². The van der Waals surface area contributed by atoms with Gasteiger partial charge in [-0.1, -0.05) is 17.9 Å². The minimum Gasteiger partial charge on any atom is -0.395 e. The van der Waals surface area contributed by atoms with E-state index in [4.69, 9.17) is 5.11 Å². The Labute approximate surface area is 111 Å². The first-order valence-electron chi connectivity index (χ1n) is 6.07. The van der Waals surface area contributed by atoms with E-state index in [0.29, 0.717) is 24.1 Å². The van der Waals surface area contributed by atoms with Crippen LogP contribution in [0, 0.1) is 24.6 Å². The zero-order valence-electron chi connectivity index (χ0n) is 10.7. The van der Waals surface area contributed by atoms with Crippen molar-refractivity contribution in [1.82, 2.24) is 9.78 Å². The molecule has 3 nitrogen and oxygen atoms in total. The fraction of sp³-hybridized carbons (Fsp3) is 0.267. The molecule has 2 rings (SSSR count). The van der Waals surface area contributed by atoms with Crippen LogP contribution in [0.1, 0.15) is 23.2 Å². The Morgan fingerprint density at radius 2 is 2.21 bits per heavy atom. The summed E-state index contributed by atoms with van der Waals surface area (Å²) in [5.74, 6) is 5.29. The number of aliphatic hydroxyl groups excluding tert-OH is 1. The highest BCUT2D eigenvalue weighted by Crippen LogP contribution is 2.11. The van der Waals surface area contributed by atoms with Gasteiger partial charge in [0.05, 0.1) is 18.8 Å². The zero-order chi connectivity index (χ0) is 13.7. The monoisotopic (exact) mass is 258 g/mol. The van der Waals surface area contributed by atoms with Gasteiger partial charge in [0.1, 0.15) is 5.82 Å². The maximum Gasteiger partial charge on any atom is 0.129 e. The molecule has 0 aliphatic carbocycles. The second-order valence-corrected chi connectivity index (χ2v) is 4.24. The van der Waals surface area contributed by atoms with Gasteiger partial charge in [0.2, 0.25) is 0 Å². The zero-order valence-corrected chi connectivity index (χ0v) is 10.7. The molecular weight excluding hydrogens is 243 g/mol. The minimum atomic E-state index is -0.288. The van der Waals surface area contributed by atoms with E-state index in [1.807, 2.05) is 19.2 Å². The van der Waals surface area contributed by atoms with Crippen LogP contribution >= 0.6 is 0 Å². The van der Waals surface area contributed by atoms with E-state index < -0.39 is 0 Å². The van der Waals surface area contributed by atoms with Gasteiger partial charge in [-0.15, -0.1) is 0 Å². The number of hydrogen-bond acceptors (Lipinski definition) is 2. The number of halogens is 1. The molecule has 0 saturated carbocycles. The quantitative estimate of drug-likeness (QED) is 0.856. The van der Waals surface area contributed by atoms with E-state index in [2.05, 4.69) is 16.9 Å². The van der Waals surface area contributed by atoms with Gasteiger partial charge in [0.15, 0.2) is 0 Å². The van der Waals surface area contributed by atoms with Crippen LogP contribution in [-0.2, 0) is 6.54 Å². The van der Waals surface area contributed by atoms with Gasteiger partial charge in [0.25, 0.3) is 0 Å². The molecule has 0 fully saturated rings.